The minimum absolute atomic E-state index is 0.363. The molecule has 2 N–H and O–H groups in total. The normalized spacial score (nSPS) is 28.6. The highest BCUT2D eigenvalue weighted by Gasteiger charge is 2.31. The highest BCUT2D eigenvalue weighted by atomic mass is 32.2. The molecule has 1 saturated carbocycles. The van der Waals surface area contributed by atoms with Crippen molar-refractivity contribution in [1.82, 2.24) is 4.31 Å². The zero-order valence-electron chi connectivity index (χ0n) is 10.5. The second-order valence-corrected chi connectivity index (χ2v) is 7.54. The summed E-state index contributed by atoms with van der Waals surface area (Å²) >= 11 is 0. The number of piperidine rings is 1. The number of sulfonamides is 1. The van der Waals surface area contributed by atoms with Crippen molar-refractivity contribution in [2.75, 3.05) is 25.4 Å². The third kappa shape index (κ3) is 3.42. The summed E-state index contributed by atoms with van der Waals surface area (Å²) in [7, 11) is -3.03. The first-order valence-electron chi connectivity index (χ1n) is 6.79. The van der Waals surface area contributed by atoms with E-state index in [-0.39, 0.29) is 0 Å². The molecule has 0 aromatic heterocycles. The molecule has 2 fully saturated rings. The maximum atomic E-state index is 12.3. The van der Waals surface area contributed by atoms with Gasteiger partial charge in [0, 0.05) is 13.1 Å². The van der Waals surface area contributed by atoms with Gasteiger partial charge in [-0.3, -0.25) is 0 Å². The first kappa shape index (κ1) is 13.3. The van der Waals surface area contributed by atoms with E-state index in [1.807, 2.05) is 0 Å². The summed E-state index contributed by atoms with van der Waals surface area (Å²) in [6, 6.07) is 0. The van der Waals surface area contributed by atoms with Crippen LogP contribution in [0, 0.1) is 11.8 Å². The molecule has 17 heavy (non-hydrogen) atoms. The van der Waals surface area contributed by atoms with Gasteiger partial charge in [-0.25, -0.2) is 12.7 Å². The van der Waals surface area contributed by atoms with Crippen LogP contribution in [0.25, 0.3) is 0 Å². The molecule has 1 aliphatic carbocycles. The van der Waals surface area contributed by atoms with E-state index in [1.165, 1.54) is 12.8 Å². The van der Waals surface area contributed by atoms with Gasteiger partial charge < -0.3 is 5.73 Å². The van der Waals surface area contributed by atoms with E-state index in [9.17, 15) is 8.42 Å². The van der Waals surface area contributed by atoms with Crippen LogP contribution in [0.4, 0.5) is 0 Å². The number of rotatable bonds is 4. The van der Waals surface area contributed by atoms with E-state index in [0.717, 1.165) is 25.7 Å². The Bertz CT molecular complexity index is 336. The van der Waals surface area contributed by atoms with Crippen molar-refractivity contribution in [1.29, 1.82) is 0 Å². The maximum Gasteiger partial charge on any atom is 0.214 e. The Balaban J connectivity index is 1.94. The zero-order chi connectivity index (χ0) is 12.3. The Morgan fingerprint density at radius 3 is 2.35 bits per heavy atom. The third-order valence-electron chi connectivity index (χ3n) is 4.13. The summed E-state index contributed by atoms with van der Waals surface area (Å²) in [6.45, 7) is 1.95. The first-order chi connectivity index (χ1) is 8.12. The Labute approximate surface area is 105 Å². The van der Waals surface area contributed by atoms with Crippen LogP contribution in [0.2, 0.25) is 0 Å². The molecule has 5 heteroatoms. The molecule has 0 bridgehead atoms. The molecule has 0 spiro atoms. The van der Waals surface area contributed by atoms with Gasteiger partial charge in [0.1, 0.15) is 0 Å². The van der Waals surface area contributed by atoms with Crippen molar-refractivity contribution in [3.05, 3.63) is 0 Å². The van der Waals surface area contributed by atoms with Crippen LogP contribution >= 0.6 is 0 Å². The molecule has 0 radical (unpaired) electrons. The Hall–Kier alpha value is -0.130. The third-order valence-corrected chi connectivity index (χ3v) is 6.14. The van der Waals surface area contributed by atoms with Crippen LogP contribution in [-0.2, 0) is 10.0 Å². The van der Waals surface area contributed by atoms with Gasteiger partial charge in [-0.2, -0.15) is 0 Å². The molecular weight excluding hydrogens is 236 g/mol. The molecular formula is C12H24N2O2S. The van der Waals surface area contributed by atoms with E-state index in [4.69, 9.17) is 5.73 Å². The monoisotopic (exact) mass is 260 g/mol. The van der Waals surface area contributed by atoms with Crippen LogP contribution < -0.4 is 5.73 Å². The summed E-state index contributed by atoms with van der Waals surface area (Å²) in [6.07, 6.45) is 6.62. The number of nitrogens with two attached hydrogens (primary N) is 1. The van der Waals surface area contributed by atoms with E-state index in [0.29, 0.717) is 37.2 Å². The highest BCUT2D eigenvalue weighted by molar-refractivity contribution is 7.89. The lowest BCUT2D eigenvalue weighted by atomic mass is 10.0. The molecule has 1 saturated heterocycles. The fourth-order valence-corrected chi connectivity index (χ4v) is 5.04. The van der Waals surface area contributed by atoms with Gasteiger partial charge in [-0.05, 0) is 44.1 Å². The summed E-state index contributed by atoms with van der Waals surface area (Å²) in [5.74, 6) is 1.13. The fourth-order valence-electron chi connectivity index (χ4n) is 3.05. The van der Waals surface area contributed by atoms with E-state index in [2.05, 4.69) is 0 Å². The van der Waals surface area contributed by atoms with Crippen molar-refractivity contribution in [2.45, 2.75) is 38.5 Å². The van der Waals surface area contributed by atoms with Crippen molar-refractivity contribution >= 4 is 10.0 Å². The van der Waals surface area contributed by atoms with E-state index >= 15 is 0 Å². The lowest BCUT2D eigenvalue weighted by molar-refractivity contribution is 0.270. The topological polar surface area (TPSA) is 63.4 Å². The molecule has 4 nitrogen and oxygen atoms in total. The van der Waals surface area contributed by atoms with Crippen molar-refractivity contribution in [3.8, 4) is 0 Å². The van der Waals surface area contributed by atoms with Crippen LogP contribution in [0.1, 0.15) is 38.5 Å². The Kier molecular flexibility index (Phi) is 4.44. The highest BCUT2D eigenvalue weighted by Crippen LogP contribution is 2.28. The van der Waals surface area contributed by atoms with E-state index < -0.39 is 10.0 Å². The van der Waals surface area contributed by atoms with Crippen molar-refractivity contribution in [2.24, 2.45) is 17.6 Å². The molecule has 0 amide bonds. The van der Waals surface area contributed by atoms with Gasteiger partial charge in [-0.15, -0.1) is 0 Å². The van der Waals surface area contributed by atoms with Crippen LogP contribution in [0.5, 0.6) is 0 Å². The number of hydrogen-bond acceptors (Lipinski definition) is 3. The number of nitrogens with zero attached hydrogens (tertiary/aromatic N) is 1. The fraction of sp³-hybridized carbons (Fsp3) is 1.00. The van der Waals surface area contributed by atoms with Gasteiger partial charge in [0.25, 0.3) is 0 Å². The summed E-state index contributed by atoms with van der Waals surface area (Å²) in [4.78, 5) is 0. The Morgan fingerprint density at radius 1 is 1.06 bits per heavy atom. The average Bonchev–Trinajstić information content (AvgIpc) is 2.81. The molecule has 1 atom stereocenters. The maximum absolute atomic E-state index is 12.3. The smallest absolute Gasteiger partial charge is 0.214 e. The predicted octanol–water partition coefficient (Wildman–Crippen LogP) is 1.18. The molecule has 1 unspecified atom stereocenters. The molecule has 100 valence electrons. The van der Waals surface area contributed by atoms with Gasteiger partial charge in [-0.1, -0.05) is 12.8 Å². The van der Waals surface area contributed by atoms with Crippen molar-refractivity contribution in [3.63, 3.8) is 0 Å². The number of hydrogen-bond donors (Lipinski definition) is 1. The lowest BCUT2D eigenvalue weighted by Crippen LogP contribution is -2.43. The lowest BCUT2D eigenvalue weighted by Gasteiger charge is -2.32. The minimum atomic E-state index is -3.03. The van der Waals surface area contributed by atoms with Crippen LogP contribution in [0.15, 0.2) is 0 Å². The quantitative estimate of drug-likeness (QED) is 0.825. The van der Waals surface area contributed by atoms with Crippen LogP contribution in [0.3, 0.4) is 0 Å². The largest absolute Gasteiger partial charge is 0.330 e. The summed E-state index contributed by atoms with van der Waals surface area (Å²) in [5.41, 5.74) is 5.65. The first-order valence-corrected chi connectivity index (χ1v) is 8.40. The summed E-state index contributed by atoms with van der Waals surface area (Å²) < 4.78 is 26.3. The zero-order valence-corrected chi connectivity index (χ0v) is 11.3. The second-order valence-electron chi connectivity index (χ2n) is 5.53. The van der Waals surface area contributed by atoms with Crippen LogP contribution in [-0.4, -0.2) is 38.1 Å². The molecule has 2 aliphatic rings. The second kappa shape index (κ2) is 5.67. The molecule has 2 rings (SSSR count). The Morgan fingerprint density at radius 2 is 1.71 bits per heavy atom. The van der Waals surface area contributed by atoms with Crippen molar-refractivity contribution < 1.29 is 8.42 Å². The van der Waals surface area contributed by atoms with Gasteiger partial charge >= 0.3 is 0 Å². The minimum Gasteiger partial charge on any atom is -0.330 e. The molecule has 1 heterocycles. The van der Waals surface area contributed by atoms with Gasteiger partial charge in [0.15, 0.2) is 0 Å². The SMILES string of the molecule is NCC1CCCN(S(=O)(=O)CC2CCCC2)C1. The predicted molar refractivity (Wildman–Crippen MR) is 69.1 cm³/mol. The van der Waals surface area contributed by atoms with Gasteiger partial charge in [0.05, 0.1) is 5.75 Å². The molecule has 0 aromatic carbocycles. The summed E-state index contributed by atoms with van der Waals surface area (Å²) in [5, 5.41) is 0. The molecule has 1 aliphatic heterocycles. The molecule has 0 aromatic rings. The van der Waals surface area contributed by atoms with Gasteiger partial charge in [0.2, 0.25) is 10.0 Å². The van der Waals surface area contributed by atoms with E-state index in [1.54, 1.807) is 4.31 Å². The average molecular weight is 260 g/mol. The standard InChI is InChI=1S/C12H24N2O2S/c13-8-12-6-3-7-14(9-12)17(15,16)10-11-4-1-2-5-11/h11-12H,1-10,13H2.